The maximum atomic E-state index is 13.3. The Balaban J connectivity index is 3.00. The van der Waals surface area contributed by atoms with Crippen molar-refractivity contribution in [2.75, 3.05) is 7.11 Å². The van der Waals surface area contributed by atoms with Crippen LogP contribution in [-0.2, 0) is 22.0 Å². The minimum absolute atomic E-state index is 0.268. The van der Waals surface area contributed by atoms with Crippen LogP contribution in [0.2, 0.25) is 0 Å². The third-order valence-electron chi connectivity index (χ3n) is 1.99. The molecular formula is C10H11F2NO2. The minimum atomic E-state index is -3.61. The lowest BCUT2D eigenvalue weighted by atomic mass is 10.1. The fourth-order valence-corrected chi connectivity index (χ4v) is 1.10. The van der Waals surface area contributed by atoms with Crippen LogP contribution in [0.4, 0.5) is 8.78 Å². The number of methoxy groups -OCH3 is 1. The highest BCUT2D eigenvalue weighted by Gasteiger charge is 2.42. The van der Waals surface area contributed by atoms with E-state index in [0.29, 0.717) is 0 Å². The first kappa shape index (κ1) is 11.6. The SMILES string of the molecule is COC(=O)C(F)(F)c1ccc(CN)cc1. The summed E-state index contributed by atoms with van der Waals surface area (Å²) >= 11 is 0. The second-order valence-corrected chi connectivity index (χ2v) is 2.97. The summed E-state index contributed by atoms with van der Waals surface area (Å²) in [6.07, 6.45) is 0. The van der Waals surface area contributed by atoms with E-state index in [4.69, 9.17) is 5.73 Å². The first-order valence-electron chi connectivity index (χ1n) is 4.28. The van der Waals surface area contributed by atoms with Crippen molar-refractivity contribution < 1.29 is 18.3 Å². The molecule has 0 amide bonds. The number of hydrogen-bond donors (Lipinski definition) is 1. The average Bonchev–Trinajstić information content (AvgIpc) is 2.28. The van der Waals surface area contributed by atoms with E-state index in [1.165, 1.54) is 24.3 Å². The molecular weight excluding hydrogens is 204 g/mol. The predicted octanol–water partition coefficient (Wildman–Crippen LogP) is 1.41. The van der Waals surface area contributed by atoms with Crippen LogP contribution in [0.25, 0.3) is 0 Å². The van der Waals surface area contributed by atoms with Gasteiger partial charge in [-0.1, -0.05) is 24.3 Å². The van der Waals surface area contributed by atoms with Crippen LogP contribution >= 0.6 is 0 Å². The zero-order chi connectivity index (χ0) is 11.5. The molecule has 0 spiro atoms. The number of esters is 1. The van der Waals surface area contributed by atoms with E-state index in [-0.39, 0.29) is 6.54 Å². The van der Waals surface area contributed by atoms with Crippen molar-refractivity contribution in [1.82, 2.24) is 0 Å². The van der Waals surface area contributed by atoms with E-state index in [1.807, 2.05) is 0 Å². The Morgan fingerprint density at radius 3 is 2.33 bits per heavy atom. The van der Waals surface area contributed by atoms with Gasteiger partial charge in [-0.3, -0.25) is 0 Å². The highest BCUT2D eigenvalue weighted by atomic mass is 19.3. The first-order valence-corrected chi connectivity index (χ1v) is 4.28. The molecule has 0 atom stereocenters. The monoisotopic (exact) mass is 215 g/mol. The molecule has 0 radical (unpaired) electrons. The molecule has 3 nitrogen and oxygen atoms in total. The Hall–Kier alpha value is -1.49. The largest absolute Gasteiger partial charge is 0.464 e. The smallest absolute Gasteiger partial charge is 0.381 e. The minimum Gasteiger partial charge on any atom is -0.464 e. The topological polar surface area (TPSA) is 52.3 Å². The van der Waals surface area contributed by atoms with Gasteiger partial charge in [-0.2, -0.15) is 8.78 Å². The van der Waals surface area contributed by atoms with Gasteiger partial charge in [0.2, 0.25) is 0 Å². The zero-order valence-corrected chi connectivity index (χ0v) is 8.17. The molecule has 0 unspecified atom stereocenters. The Kier molecular flexibility index (Phi) is 3.36. The lowest BCUT2D eigenvalue weighted by Crippen LogP contribution is -2.27. The highest BCUT2D eigenvalue weighted by molar-refractivity contribution is 5.79. The third kappa shape index (κ3) is 2.30. The lowest BCUT2D eigenvalue weighted by Gasteiger charge is -2.13. The molecule has 1 rings (SSSR count). The average molecular weight is 215 g/mol. The number of ether oxygens (including phenoxy) is 1. The fraction of sp³-hybridized carbons (Fsp3) is 0.300. The van der Waals surface area contributed by atoms with Crippen molar-refractivity contribution in [3.05, 3.63) is 35.4 Å². The fourth-order valence-electron chi connectivity index (χ4n) is 1.10. The van der Waals surface area contributed by atoms with E-state index >= 15 is 0 Å². The number of rotatable bonds is 3. The maximum Gasteiger partial charge on any atom is 0.381 e. The van der Waals surface area contributed by atoms with Gasteiger partial charge in [-0.05, 0) is 5.56 Å². The second kappa shape index (κ2) is 4.35. The van der Waals surface area contributed by atoms with Crippen LogP contribution in [-0.4, -0.2) is 13.1 Å². The number of nitrogens with two attached hydrogens (primary N) is 1. The van der Waals surface area contributed by atoms with Gasteiger partial charge in [0.1, 0.15) is 0 Å². The molecule has 0 saturated heterocycles. The van der Waals surface area contributed by atoms with Crippen molar-refractivity contribution in [3.63, 3.8) is 0 Å². The number of halogens is 2. The van der Waals surface area contributed by atoms with Gasteiger partial charge in [-0.15, -0.1) is 0 Å². The van der Waals surface area contributed by atoms with Gasteiger partial charge in [0.05, 0.1) is 7.11 Å². The van der Waals surface area contributed by atoms with Crippen LogP contribution in [0.15, 0.2) is 24.3 Å². The van der Waals surface area contributed by atoms with Crippen molar-refractivity contribution in [1.29, 1.82) is 0 Å². The molecule has 5 heteroatoms. The number of hydrogen-bond acceptors (Lipinski definition) is 3. The maximum absolute atomic E-state index is 13.3. The van der Waals surface area contributed by atoms with Gasteiger partial charge >= 0.3 is 11.9 Å². The normalized spacial score (nSPS) is 11.2. The van der Waals surface area contributed by atoms with E-state index in [9.17, 15) is 13.6 Å². The van der Waals surface area contributed by atoms with Crippen LogP contribution in [0.5, 0.6) is 0 Å². The van der Waals surface area contributed by atoms with Gasteiger partial charge < -0.3 is 10.5 Å². The number of alkyl halides is 2. The van der Waals surface area contributed by atoms with Crippen molar-refractivity contribution in [3.8, 4) is 0 Å². The molecule has 0 saturated carbocycles. The molecule has 0 aromatic heterocycles. The Bertz CT molecular complexity index is 349. The highest BCUT2D eigenvalue weighted by Crippen LogP contribution is 2.29. The second-order valence-electron chi connectivity index (χ2n) is 2.97. The van der Waals surface area contributed by atoms with Crippen molar-refractivity contribution in [2.45, 2.75) is 12.5 Å². The number of benzene rings is 1. The third-order valence-corrected chi connectivity index (χ3v) is 1.99. The Morgan fingerprint density at radius 2 is 1.93 bits per heavy atom. The summed E-state index contributed by atoms with van der Waals surface area (Å²) in [5.74, 6) is -5.18. The summed E-state index contributed by atoms with van der Waals surface area (Å²) in [6, 6.07) is 5.23. The van der Waals surface area contributed by atoms with E-state index < -0.39 is 17.5 Å². The van der Waals surface area contributed by atoms with E-state index in [1.54, 1.807) is 0 Å². The summed E-state index contributed by atoms with van der Waals surface area (Å²) in [4.78, 5) is 10.8. The Labute approximate surface area is 85.8 Å². The summed E-state index contributed by atoms with van der Waals surface area (Å²) in [6.45, 7) is 0.268. The number of carbonyl (C=O) groups is 1. The van der Waals surface area contributed by atoms with E-state index in [2.05, 4.69) is 4.74 Å². The van der Waals surface area contributed by atoms with Gasteiger partial charge in [0.25, 0.3) is 0 Å². The number of carbonyl (C=O) groups excluding carboxylic acids is 1. The Morgan fingerprint density at radius 1 is 1.40 bits per heavy atom. The molecule has 2 N–H and O–H groups in total. The summed E-state index contributed by atoms with van der Waals surface area (Å²) in [7, 11) is 0.921. The molecule has 82 valence electrons. The summed E-state index contributed by atoms with van der Waals surface area (Å²) < 4.78 is 30.6. The molecule has 0 aliphatic carbocycles. The molecule has 0 heterocycles. The molecule has 1 aromatic rings. The molecule has 0 aliphatic heterocycles. The zero-order valence-electron chi connectivity index (χ0n) is 8.17. The van der Waals surface area contributed by atoms with Crippen LogP contribution in [0, 0.1) is 0 Å². The van der Waals surface area contributed by atoms with Crippen LogP contribution in [0.1, 0.15) is 11.1 Å². The van der Waals surface area contributed by atoms with Gasteiger partial charge in [0, 0.05) is 12.1 Å². The molecule has 0 aliphatic rings. The molecule has 1 aromatic carbocycles. The summed E-state index contributed by atoms with van der Waals surface area (Å²) in [5.41, 5.74) is 5.64. The predicted molar refractivity (Wildman–Crippen MR) is 50.2 cm³/mol. The quantitative estimate of drug-likeness (QED) is 0.775. The molecule has 0 bridgehead atoms. The van der Waals surface area contributed by atoms with Gasteiger partial charge in [-0.25, -0.2) is 4.79 Å². The van der Waals surface area contributed by atoms with Crippen LogP contribution < -0.4 is 5.73 Å². The molecule has 0 fully saturated rings. The molecule has 15 heavy (non-hydrogen) atoms. The lowest BCUT2D eigenvalue weighted by molar-refractivity contribution is -0.170. The van der Waals surface area contributed by atoms with Crippen molar-refractivity contribution in [2.24, 2.45) is 5.73 Å². The van der Waals surface area contributed by atoms with E-state index in [0.717, 1.165) is 12.7 Å². The van der Waals surface area contributed by atoms with Crippen molar-refractivity contribution >= 4 is 5.97 Å². The first-order chi connectivity index (χ1) is 7.02. The van der Waals surface area contributed by atoms with Gasteiger partial charge in [0.15, 0.2) is 0 Å². The standard InChI is InChI=1S/C10H11F2NO2/c1-15-9(14)10(11,12)8-4-2-7(6-13)3-5-8/h2-5H,6,13H2,1H3. The summed E-state index contributed by atoms with van der Waals surface area (Å²) in [5, 5.41) is 0. The van der Waals surface area contributed by atoms with Crippen LogP contribution in [0.3, 0.4) is 0 Å².